The number of nitrogens with zero attached hydrogens (tertiary/aromatic N) is 3. The number of carbonyl (C=O) groups excluding carboxylic acids is 1. The summed E-state index contributed by atoms with van der Waals surface area (Å²) in [6.45, 7) is 2.70. The number of fused-ring (bicyclic) bond motifs is 1. The van der Waals surface area contributed by atoms with E-state index in [1.54, 1.807) is 6.26 Å². The Kier molecular flexibility index (Phi) is 4.28. The van der Waals surface area contributed by atoms with Crippen molar-refractivity contribution in [1.82, 2.24) is 14.5 Å². The summed E-state index contributed by atoms with van der Waals surface area (Å²) in [5.41, 5.74) is 1.82. The van der Waals surface area contributed by atoms with Gasteiger partial charge in [-0.25, -0.2) is 4.98 Å². The minimum absolute atomic E-state index is 0.191. The molecule has 0 aliphatic carbocycles. The van der Waals surface area contributed by atoms with Gasteiger partial charge in [-0.1, -0.05) is 30.3 Å². The predicted octanol–water partition coefficient (Wildman–Crippen LogP) is 3.28. The first-order valence-electron chi connectivity index (χ1n) is 9.76. The maximum atomic E-state index is 12.7. The Balaban J connectivity index is 1.27. The van der Waals surface area contributed by atoms with Gasteiger partial charge in [-0.2, -0.15) is 0 Å². The topological polar surface area (TPSA) is 60.5 Å². The Labute approximate surface area is 163 Å². The number of carbonyl (C=O) groups is 1. The van der Waals surface area contributed by atoms with E-state index in [0.29, 0.717) is 13.0 Å². The molecule has 0 saturated carbocycles. The molecule has 6 nitrogen and oxygen atoms in total. The number of piperidine rings is 1. The molecule has 1 fully saturated rings. The van der Waals surface area contributed by atoms with Crippen molar-refractivity contribution in [3.8, 4) is 11.5 Å². The van der Waals surface area contributed by atoms with Crippen molar-refractivity contribution in [1.29, 1.82) is 0 Å². The zero-order chi connectivity index (χ0) is 19.0. The molecule has 2 aromatic heterocycles. The van der Waals surface area contributed by atoms with E-state index in [0.717, 1.165) is 55.3 Å². The Bertz CT molecular complexity index is 954. The quantitative estimate of drug-likeness (QED) is 0.703. The predicted molar refractivity (Wildman–Crippen MR) is 103 cm³/mol. The SMILES string of the molecule is O=C(Cc1ccccc1)N1CCC2(CC1)Cn1c(-c3ccco3)cnc1CO2. The molecule has 5 rings (SSSR count). The molecule has 0 atom stereocenters. The third-order valence-electron chi connectivity index (χ3n) is 5.89. The number of benzene rings is 1. The van der Waals surface area contributed by atoms with Crippen LogP contribution < -0.4 is 0 Å². The number of rotatable bonds is 3. The average Bonchev–Trinajstić information content (AvgIpc) is 3.38. The van der Waals surface area contributed by atoms with E-state index in [1.807, 2.05) is 53.6 Å². The summed E-state index contributed by atoms with van der Waals surface area (Å²) in [5.74, 6) is 1.95. The molecule has 3 aromatic rings. The second-order valence-electron chi connectivity index (χ2n) is 7.64. The first kappa shape index (κ1) is 17.3. The first-order chi connectivity index (χ1) is 13.7. The maximum absolute atomic E-state index is 12.7. The van der Waals surface area contributed by atoms with Crippen LogP contribution in [0.2, 0.25) is 0 Å². The number of aromatic nitrogens is 2. The van der Waals surface area contributed by atoms with E-state index in [1.165, 1.54) is 0 Å². The maximum Gasteiger partial charge on any atom is 0.226 e. The van der Waals surface area contributed by atoms with Crippen molar-refractivity contribution in [3.63, 3.8) is 0 Å². The van der Waals surface area contributed by atoms with Gasteiger partial charge in [0.1, 0.15) is 18.1 Å². The highest BCUT2D eigenvalue weighted by Gasteiger charge is 2.41. The molecule has 0 bridgehead atoms. The zero-order valence-electron chi connectivity index (χ0n) is 15.7. The highest BCUT2D eigenvalue weighted by molar-refractivity contribution is 5.78. The lowest BCUT2D eigenvalue weighted by atomic mass is 9.89. The lowest BCUT2D eigenvalue weighted by Gasteiger charge is -2.44. The third-order valence-corrected chi connectivity index (χ3v) is 5.89. The fraction of sp³-hybridized carbons (Fsp3) is 0.364. The van der Waals surface area contributed by atoms with E-state index in [-0.39, 0.29) is 11.5 Å². The summed E-state index contributed by atoms with van der Waals surface area (Å²) in [4.78, 5) is 19.1. The molecule has 1 spiro atoms. The summed E-state index contributed by atoms with van der Waals surface area (Å²) in [6.07, 6.45) is 5.67. The highest BCUT2D eigenvalue weighted by Crippen LogP contribution is 2.36. The van der Waals surface area contributed by atoms with Crippen molar-refractivity contribution in [2.24, 2.45) is 0 Å². The van der Waals surface area contributed by atoms with Crippen molar-refractivity contribution >= 4 is 5.91 Å². The van der Waals surface area contributed by atoms with E-state index < -0.39 is 0 Å². The fourth-order valence-electron chi connectivity index (χ4n) is 4.23. The Morgan fingerprint density at radius 2 is 1.93 bits per heavy atom. The Morgan fingerprint density at radius 1 is 1.11 bits per heavy atom. The Hall–Kier alpha value is -2.86. The molecule has 1 aromatic carbocycles. The van der Waals surface area contributed by atoms with Gasteiger partial charge in [0, 0.05) is 13.1 Å². The van der Waals surface area contributed by atoms with Crippen LogP contribution in [0.3, 0.4) is 0 Å². The van der Waals surface area contributed by atoms with Crippen LogP contribution in [0.4, 0.5) is 0 Å². The van der Waals surface area contributed by atoms with Crippen LogP contribution in [-0.2, 0) is 29.1 Å². The normalized spacial score (nSPS) is 18.2. The monoisotopic (exact) mass is 377 g/mol. The number of ether oxygens (including phenoxy) is 1. The molecule has 6 heteroatoms. The molecule has 144 valence electrons. The molecule has 4 heterocycles. The van der Waals surface area contributed by atoms with Gasteiger partial charge in [-0.05, 0) is 30.5 Å². The van der Waals surface area contributed by atoms with Crippen LogP contribution in [0.1, 0.15) is 24.2 Å². The minimum atomic E-state index is -0.238. The lowest BCUT2D eigenvalue weighted by Crippen LogP contribution is -2.52. The number of amides is 1. The fourth-order valence-corrected chi connectivity index (χ4v) is 4.23. The molecule has 28 heavy (non-hydrogen) atoms. The van der Waals surface area contributed by atoms with E-state index in [2.05, 4.69) is 9.55 Å². The summed E-state index contributed by atoms with van der Waals surface area (Å²) in [5, 5.41) is 0. The zero-order valence-corrected chi connectivity index (χ0v) is 15.7. The smallest absolute Gasteiger partial charge is 0.226 e. The molecular formula is C22H23N3O3. The van der Waals surface area contributed by atoms with E-state index in [4.69, 9.17) is 9.15 Å². The molecule has 0 unspecified atom stereocenters. The van der Waals surface area contributed by atoms with Crippen molar-refractivity contribution < 1.29 is 13.9 Å². The first-order valence-corrected chi connectivity index (χ1v) is 9.76. The van der Waals surface area contributed by atoms with Gasteiger partial charge in [0.2, 0.25) is 5.91 Å². The standard InChI is InChI=1S/C22H23N3O3/c26-21(13-17-5-2-1-3-6-17)24-10-8-22(9-11-24)16-25-18(19-7-4-12-27-19)14-23-20(25)15-28-22/h1-7,12,14H,8-11,13,15-16H2. The molecule has 1 amide bonds. The van der Waals surface area contributed by atoms with Gasteiger partial charge in [0.15, 0.2) is 5.76 Å². The number of imidazole rings is 1. The Morgan fingerprint density at radius 3 is 2.68 bits per heavy atom. The van der Waals surface area contributed by atoms with Crippen LogP contribution in [0, 0.1) is 0 Å². The van der Waals surface area contributed by atoms with Gasteiger partial charge in [-0.15, -0.1) is 0 Å². The van der Waals surface area contributed by atoms with E-state index in [9.17, 15) is 4.79 Å². The van der Waals surface area contributed by atoms with Crippen molar-refractivity contribution in [2.45, 2.75) is 38.0 Å². The van der Waals surface area contributed by atoms with Crippen LogP contribution in [-0.4, -0.2) is 39.0 Å². The summed E-state index contributed by atoms with van der Waals surface area (Å²) < 4.78 is 14.0. The average molecular weight is 377 g/mol. The largest absolute Gasteiger partial charge is 0.463 e. The van der Waals surface area contributed by atoms with Gasteiger partial charge in [-0.3, -0.25) is 4.79 Å². The van der Waals surface area contributed by atoms with Crippen LogP contribution in [0.25, 0.3) is 11.5 Å². The summed E-state index contributed by atoms with van der Waals surface area (Å²) in [7, 11) is 0. The summed E-state index contributed by atoms with van der Waals surface area (Å²) in [6, 6.07) is 13.8. The molecule has 1 saturated heterocycles. The minimum Gasteiger partial charge on any atom is -0.463 e. The molecule has 2 aliphatic heterocycles. The van der Waals surface area contributed by atoms with Gasteiger partial charge in [0.25, 0.3) is 0 Å². The second-order valence-corrected chi connectivity index (χ2v) is 7.64. The lowest BCUT2D eigenvalue weighted by molar-refractivity contribution is -0.145. The van der Waals surface area contributed by atoms with E-state index >= 15 is 0 Å². The van der Waals surface area contributed by atoms with Crippen LogP contribution >= 0.6 is 0 Å². The molecule has 2 aliphatic rings. The molecular weight excluding hydrogens is 354 g/mol. The number of likely N-dealkylation sites (tertiary alicyclic amines) is 1. The third kappa shape index (κ3) is 3.14. The molecule has 0 radical (unpaired) electrons. The second kappa shape index (κ2) is 6.95. The highest BCUT2D eigenvalue weighted by atomic mass is 16.5. The van der Waals surface area contributed by atoms with Crippen LogP contribution in [0.15, 0.2) is 59.3 Å². The van der Waals surface area contributed by atoms with Gasteiger partial charge < -0.3 is 18.6 Å². The number of furan rings is 1. The van der Waals surface area contributed by atoms with Crippen molar-refractivity contribution in [3.05, 3.63) is 66.3 Å². The number of hydrogen-bond acceptors (Lipinski definition) is 4. The number of hydrogen-bond donors (Lipinski definition) is 0. The summed E-state index contributed by atoms with van der Waals surface area (Å²) >= 11 is 0. The molecule has 0 N–H and O–H groups in total. The van der Waals surface area contributed by atoms with Crippen molar-refractivity contribution in [2.75, 3.05) is 13.1 Å². The van der Waals surface area contributed by atoms with Gasteiger partial charge >= 0.3 is 0 Å². The van der Waals surface area contributed by atoms with Crippen LogP contribution in [0.5, 0.6) is 0 Å². The van der Waals surface area contributed by atoms with Gasteiger partial charge in [0.05, 0.1) is 31.0 Å².